The summed E-state index contributed by atoms with van der Waals surface area (Å²) in [5.74, 6) is 0.405. The zero-order valence-electron chi connectivity index (χ0n) is 12.9. The average molecular weight is 304 g/mol. The van der Waals surface area contributed by atoms with Gasteiger partial charge < -0.3 is 15.2 Å². The molecule has 22 heavy (non-hydrogen) atoms. The Hall–Kier alpha value is -1.85. The van der Waals surface area contributed by atoms with Gasteiger partial charge in [0.05, 0.1) is 6.33 Å². The number of nitrogens with one attached hydrogen (secondary N) is 2. The smallest absolute Gasteiger partial charge is 0.222 e. The normalized spacial score (nSPS) is 21.5. The van der Waals surface area contributed by atoms with Crippen molar-refractivity contribution < 1.29 is 9.59 Å². The van der Waals surface area contributed by atoms with Gasteiger partial charge in [0.15, 0.2) is 0 Å². The summed E-state index contributed by atoms with van der Waals surface area (Å²) in [5.41, 5.74) is 1.27. The lowest BCUT2D eigenvalue weighted by atomic mass is 9.73. The standard InChI is InChI=1S/C16H24N4O2/c21-14-3-4-16(5-8-18-14)6-9-20(10-7-16)15(22)2-1-13-11-17-12-19-13/h11-12H,1-10H2,(H,17,19)(H,18,21). The number of likely N-dealkylation sites (tertiary alicyclic amines) is 1. The molecular weight excluding hydrogens is 280 g/mol. The fourth-order valence-corrected chi connectivity index (χ4v) is 3.61. The lowest BCUT2D eigenvalue weighted by Crippen LogP contribution is -2.43. The maximum atomic E-state index is 12.3. The summed E-state index contributed by atoms with van der Waals surface area (Å²) in [5, 5.41) is 2.96. The average Bonchev–Trinajstić information content (AvgIpc) is 2.99. The van der Waals surface area contributed by atoms with Crippen LogP contribution < -0.4 is 5.32 Å². The molecular formula is C16H24N4O2. The molecule has 2 amide bonds. The van der Waals surface area contributed by atoms with Crippen molar-refractivity contribution in [2.45, 2.75) is 44.9 Å². The van der Waals surface area contributed by atoms with Gasteiger partial charge in [-0.15, -0.1) is 0 Å². The molecule has 6 heteroatoms. The minimum absolute atomic E-state index is 0.176. The summed E-state index contributed by atoms with van der Waals surface area (Å²) >= 11 is 0. The number of piperidine rings is 1. The molecule has 120 valence electrons. The number of carbonyl (C=O) groups excluding carboxylic acids is 2. The van der Waals surface area contributed by atoms with Gasteiger partial charge in [-0.3, -0.25) is 9.59 Å². The first kappa shape index (κ1) is 15.1. The number of hydrogen-bond acceptors (Lipinski definition) is 3. The number of aromatic nitrogens is 2. The summed E-state index contributed by atoms with van der Waals surface area (Å²) in [7, 11) is 0. The van der Waals surface area contributed by atoms with Crippen LogP contribution in [0.3, 0.4) is 0 Å². The van der Waals surface area contributed by atoms with Gasteiger partial charge in [-0.25, -0.2) is 4.98 Å². The minimum atomic E-state index is 0.176. The van der Waals surface area contributed by atoms with Crippen molar-refractivity contribution in [2.75, 3.05) is 19.6 Å². The number of imidazole rings is 1. The van der Waals surface area contributed by atoms with E-state index in [1.807, 2.05) is 4.90 Å². The molecule has 2 aliphatic rings. The molecule has 1 aromatic heterocycles. The predicted molar refractivity (Wildman–Crippen MR) is 82.0 cm³/mol. The van der Waals surface area contributed by atoms with Crippen molar-refractivity contribution in [3.63, 3.8) is 0 Å². The third kappa shape index (κ3) is 3.48. The number of carbonyl (C=O) groups is 2. The van der Waals surface area contributed by atoms with E-state index in [2.05, 4.69) is 15.3 Å². The second kappa shape index (κ2) is 6.50. The van der Waals surface area contributed by atoms with Crippen molar-refractivity contribution in [1.29, 1.82) is 0 Å². The van der Waals surface area contributed by atoms with E-state index in [1.165, 1.54) is 0 Å². The van der Waals surface area contributed by atoms with Crippen LogP contribution in [-0.4, -0.2) is 46.3 Å². The van der Waals surface area contributed by atoms with E-state index in [0.29, 0.717) is 12.8 Å². The highest BCUT2D eigenvalue weighted by atomic mass is 16.2. The Morgan fingerprint density at radius 1 is 1.27 bits per heavy atom. The van der Waals surface area contributed by atoms with Crippen molar-refractivity contribution in [3.05, 3.63) is 18.2 Å². The molecule has 1 aromatic rings. The van der Waals surface area contributed by atoms with Gasteiger partial charge in [-0.2, -0.15) is 0 Å². The number of rotatable bonds is 3. The maximum absolute atomic E-state index is 12.3. The number of nitrogens with zero attached hydrogens (tertiary/aromatic N) is 2. The van der Waals surface area contributed by atoms with Crippen LogP contribution in [0.5, 0.6) is 0 Å². The molecule has 0 atom stereocenters. The highest BCUT2D eigenvalue weighted by Crippen LogP contribution is 2.40. The summed E-state index contributed by atoms with van der Waals surface area (Å²) in [4.78, 5) is 32.8. The summed E-state index contributed by atoms with van der Waals surface area (Å²) in [6.07, 6.45) is 9.38. The first-order valence-corrected chi connectivity index (χ1v) is 8.19. The summed E-state index contributed by atoms with van der Waals surface area (Å²) < 4.78 is 0. The lowest BCUT2D eigenvalue weighted by molar-refractivity contribution is -0.133. The molecule has 0 aromatic carbocycles. The van der Waals surface area contributed by atoms with Crippen LogP contribution in [0.4, 0.5) is 0 Å². The number of aromatic amines is 1. The molecule has 2 fully saturated rings. The highest BCUT2D eigenvalue weighted by Gasteiger charge is 2.36. The Labute approximate surface area is 130 Å². The van der Waals surface area contributed by atoms with Crippen LogP contribution in [-0.2, 0) is 16.0 Å². The predicted octanol–water partition coefficient (Wildman–Crippen LogP) is 1.25. The fraction of sp³-hybridized carbons (Fsp3) is 0.688. The van der Waals surface area contributed by atoms with Crippen LogP contribution in [0, 0.1) is 5.41 Å². The minimum Gasteiger partial charge on any atom is -0.356 e. The topological polar surface area (TPSA) is 78.1 Å². The molecule has 6 nitrogen and oxygen atoms in total. The van der Waals surface area contributed by atoms with E-state index in [1.54, 1.807) is 12.5 Å². The van der Waals surface area contributed by atoms with E-state index < -0.39 is 0 Å². The fourth-order valence-electron chi connectivity index (χ4n) is 3.61. The van der Waals surface area contributed by atoms with Crippen LogP contribution in [0.1, 0.15) is 44.2 Å². The van der Waals surface area contributed by atoms with Gasteiger partial charge in [-0.1, -0.05) is 0 Å². The van der Waals surface area contributed by atoms with E-state index in [9.17, 15) is 9.59 Å². The largest absolute Gasteiger partial charge is 0.356 e. The van der Waals surface area contributed by atoms with Crippen LogP contribution in [0.25, 0.3) is 0 Å². The molecule has 0 unspecified atom stereocenters. The van der Waals surface area contributed by atoms with E-state index in [0.717, 1.165) is 57.4 Å². The van der Waals surface area contributed by atoms with E-state index in [-0.39, 0.29) is 17.2 Å². The van der Waals surface area contributed by atoms with Gasteiger partial charge in [0.2, 0.25) is 11.8 Å². The molecule has 2 aliphatic heterocycles. The molecule has 2 saturated heterocycles. The monoisotopic (exact) mass is 304 g/mol. The Kier molecular flexibility index (Phi) is 4.45. The van der Waals surface area contributed by atoms with Gasteiger partial charge in [0, 0.05) is 44.4 Å². The Bertz CT molecular complexity index is 518. The molecule has 0 saturated carbocycles. The second-order valence-corrected chi connectivity index (χ2v) is 6.56. The first-order valence-electron chi connectivity index (χ1n) is 8.19. The molecule has 3 heterocycles. The van der Waals surface area contributed by atoms with Crippen LogP contribution in [0.2, 0.25) is 0 Å². The number of aryl methyl sites for hydroxylation is 1. The molecule has 0 aliphatic carbocycles. The maximum Gasteiger partial charge on any atom is 0.222 e. The number of H-pyrrole nitrogens is 1. The van der Waals surface area contributed by atoms with Gasteiger partial charge >= 0.3 is 0 Å². The second-order valence-electron chi connectivity index (χ2n) is 6.56. The summed E-state index contributed by atoms with van der Waals surface area (Å²) in [6, 6.07) is 0. The molecule has 1 spiro atoms. The third-order valence-electron chi connectivity index (χ3n) is 5.20. The summed E-state index contributed by atoms with van der Waals surface area (Å²) in [6.45, 7) is 2.44. The van der Waals surface area contributed by atoms with Crippen molar-refractivity contribution in [3.8, 4) is 0 Å². The Morgan fingerprint density at radius 3 is 2.82 bits per heavy atom. The van der Waals surface area contributed by atoms with Crippen molar-refractivity contribution in [1.82, 2.24) is 20.2 Å². The molecule has 0 radical (unpaired) electrons. The quantitative estimate of drug-likeness (QED) is 0.882. The highest BCUT2D eigenvalue weighted by molar-refractivity contribution is 5.77. The lowest BCUT2D eigenvalue weighted by Gasteiger charge is -2.41. The van der Waals surface area contributed by atoms with Crippen molar-refractivity contribution in [2.24, 2.45) is 5.41 Å². The molecule has 0 bridgehead atoms. The Balaban J connectivity index is 1.48. The van der Waals surface area contributed by atoms with E-state index >= 15 is 0 Å². The van der Waals surface area contributed by atoms with Crippen molar-refractivity contribution >= 4 is 11.8 Å². The third-order valence-corrected chi connectivity index (χ3v) is 5.20. The number of amides is 2. The van der Waals surface area contributed by atoms with E-state index in [4.69, 9.17) is 0 Å². The molecule has 3 rings (SSSR count). The zero-order valence-corrected chi connectivity index (χ0v) is 12.9. The SMILES string of the molecule is O=C1CCC2(CCN1)CCN(C(=O)CCc1cnc[nH]1)CC2. The van der Waals surface area contributed by atoms with Gasteiger partial charge in [0.25, 0.3) is 0 Å². The van der Waals surface area contributed by atoms with Gasteiger partial charge in [-0.05, 0) is 37.5 Å². The van der Waals surface area contributed by atoms with Crippen LogP contribution >= 0.6 is 0 Å². The van der Waals surface area contributed by atoms with Crippen LogP contribution in [0.15, 0.2) is 12.5 Å². The zero-order chi connectivity index (χ0) is 15.4. The molecule has 2 N–H and O–H groups in total. The van der Waals surface area contributed by atoms with Gasteiger partial charge in [0.1, 0.15) is 0 Å². The Morgan fingerprint density at radius 2 is 2.09 bits per heavy atom. The number of hydrogen-bond donors (Lipinski definition) is 2. The first-order chi connectivity index (χ1) is 10.7.